The number of aliphatic hydroxyl groups excluding tert-OH is 1. The zero-order valence-electron chi connectivity index (χ0n) is 17.7. The van der Waals surface area contributed by atoms with Crippen LogP contribution in [0.3, 0.4) is 0 Å². The monoisotopic (exact) mass is 453 g/mol. The Hall–Kier alpha value is -4.07. The molecule has 1 aromatic heterocycles. The first-order valence-electron chi connectivity index (χ1n) is 9.76. The van der Waals surface area contributed by atoms with E-state index in [1.54, 1.807) is 36.4 Å². The Balaban J connectivity index is 1.75. The summed E-state index contributed by atoms with van der Waals surface area (Å²) in [5, 5.41) is 24.7. The Morgan fingerprint density at radius 2 is 1.94 bits per heavy atom. The number of methoxy groups -OCH3 is 1. The lowest BCUT2D eigenvalue weighted by Gasteiger charge is -2.13. The molecule has 0 spiro atoms. The third-order valence-electron chi connectivity index (χ3n) is 4.42. The average molecular weight is 453 g/mol. The number of rotatable bonds is 10. The summed E-state index contributed by atoms with van der Waals surface area (Å²) in [5.74, 6) is -1.35. The van der Waals surface area contributed by atoms with E-state index in [9.17, 15) is 13.9 Å². The fraction of sp³-hybridized carbons (Fsp3) is 0.174. The molecule has 3 N–H and O–H groups in total. The molecular weight excluding hydrogens is 432 g/mol. The van der Waals surface area contributed by atoms with Crippen LogP contribution in [0.15, 0.2) is 60.8 Å². The number of halogens is 2. The number of aromatic nitrogens is 2. The second-order valence-electron chi connectivity index (χ2n) is 6.79. The van der Waals surface area contributed by atoms with Crippen molar-refractivity contribution in [1.29, 1.82) is 5.26 Å². The van der Waals surface area contributed by atoms with Crippen molar-refractivity contribution in [1.82, 2.24) is 9.97 Å². The van der Waals surface area contributed by atoms with Crippen LogP contribution in [0.5, 0.6) is 5.75 Å². The third-order valence-corrected chi connectivity index (χ3v) is 4.42. The van der Waals surface area contributed by atoms with E-state index in [-0.39, 0.29) is 29.7 Å². The number of aliphatic hydroxyl groups is 1. The molecule has 0 amide bonds. The molecule has 1 heterocycles. The quantitative estimate of drug-likeness (QED) is 0.306. The summed E-state index contributed by atoms with van der Waals surface area (Å²) in [6, 6.07) is 12.4. The van der Waals surface area contributed by atoms with Gasteiger partial charge in [-0.2, -0.15) is 10.2 Å². The summed E-state index contributed by atoms with van der Waals surface area (Å²) < 4.78 is 38.7. The predicted octanol–water partition coefficient (Wildman–Crippen LogP) is 4.38. The Morgan fingerprint density at radius 1 is 1.15 bits per heavy atom. The molecule has 0 aliphatic carbocycles. The summed E-state index contributed by atoms with van der Waals surface area (Å²) in [4.78, 5) is 7.96. The van der Waals surface area contributed by atoms with E-state index >= 15 is 0 Å². The zero-order valence-corrected chi connectivity index (χ0v) is 17.7. The molecule has 3 aromatic rings. The lowest BCUT2D eigenvalue weighted by Crippen LogP contribution is -2.06. The molecular formula is C23H21F2N5O3. The maximum atomic E-state index is 14.3. The maximum Gasteiger partial charge on any atom is 0.229 e. The molecule has 2 aromatic carbocycles. The lowest BCUT2D eigenvalue weighted by atomic mass is 10.0. The van der Waals surface area contributed by atoms with Gasteiger partial charge < -0.3 is 25.2 Å². The van der Waals surface area contributed by atoms with E-state index in [1.165, 1.54) is 19.2 Å². The lowest BCUT2D eigenvalue weighted by molar-refractivity contribution is 0.144. The number of nitrogens with one attached hydrogen (secondary N) is 2. The van der Waals surface area contributed by atoms with Crippen LogP contribution in [0, 0.1) is 23.0 Å². The molecule has 0 aliphatic heterocycles. The Morgan fingerprint density at radius 3 is 2.67 bits per heavy atom. The van der Waals surface area contributed by atoms with E-state index in [0.717, 1.165) is 6.20 Å². The standard InChI is InChI=1S/C23H21F2N5O3/c1-14(12-26)21(31)15-4-3-5-16(10-15)28-22-19(25)13-27-23(30-22)29-17-6-7-20(18(24)11-17)33-9-8-32-2/h3-7,10-11,13,21,31H,1,8-9H2,2H3,(H2,27,28,29,30). The predicted molar refractivity (Wildman–Crippen MR) is 118 cm³/mol. The van der Waals surface area contributed by atoms with Crippen molar-refractivity contribution >= 4 is 23.1 Å². The van der Waals surface area contributed by atoms with Gasteiger partial charge in [-0.15, -0.1) is 0 Å². The number of benzene rings is 2. The third kappa shape index (κ3) is 6.22. The van der Waals surface area contributed by atoms with Gasteiger partial charge in [0, 0.05) is 24.6 Å². The van der Waals surface area contributed by atoms with Crippen molar-refractivity contribution in [2.75, 3.05) is 31.0 Å². The highest BCUT2D eigenvalue weighted by Gasteiger charge is 2.13. The molecule has 0 saturated carbocycles. The van der Waals surface area contributed by atoms with Crippen LogP contribution in [0.2, 0.25) is 0 Å². The Labute approximate surface area is 189 Å². The molecule has 0 radical (unpaired) electrons. The van der Waals surface area contributed by atoms with Gasteiger partial charge in [0.1, 0.15) is 12.7 Å². The van der Waals surface area contributed by atoms with Crippen LogP contribution >= 0.6 is 0 Å². The second-order valence-corrected chi connectivity index (χ2v) is 6.79. The van der Waals surface area contributed by atoms with Gasteiger partial charge in [0.05, 0.1) is 24.4 Å². The summed E-state index contributed by atoms with van der Waals surface area (Å²) >= 11 is 0. The van der Waals surface area contributed by atoms with E-state index in [1.807, 2.05) is 0 Å². The van der Waals surface area contributed by atoms with Crippen LogP contribution in [0.25, 0.3) is 0 Å². The Kier molecular flexibility index (Phi) is 7.86. The summed E-state index contributed by atoms with van der Waals surface area (Å²) in [6.45, 7) is 4.03. The van der Waals surface area contributed by atoms with Crippen molar-refractivity contribution in [3.05, 3.63) is 78.0 Å². The minimum absolute atomic E-state index is 0.0193. The summed E-state index contributed by atoms with van der Waals surface area (Å²) in [6.07, 6.45) is -0.215. The summed E-state index contributed by atoms with van der Waals surface area (Å²) in [7, 11) is 1.52. The highest BCUT2D eigenvalue weighted by Crippen LogP contribution is 2.26. The number of ether oxygens (including phenoxy) is 2. The van der Waals surface area contributed by atoms with E-state index < -0.39 is 17.7 Å². The van der Waals surface area contributed by atoms with Crippen molar-refractivity contribution in [3.63, 3.8) is 0 Å². The van der Waals surface area contributed by atoms with Crippen molar-refractivity contribution in [2.24, 2.45) is 0 Å². The van der Waals surface area contributed by atoms with Crippen LogP contribution in [-0.2, 0) is 4.74 Å². The molecule has 3 rings (SSSR count). The molecule has 8 nitrogen and oxygen atoms in total. The smallest absolute Gasteiger partial charge is 0.229 e. The zero-order chi connectivity index (χ0) is 23.8. The van der Waals surface area contributed by atoms with E-state index in [4.69, 9.17) is 14.7 Å². The SMILES string of the molecule is C=C(C#N)C(O)c1cccc(Nc2nc(Nc3ccc(OCCOC)c(F)c3)ncc2F)c1. The van der Waals surface area contributed by atoms with E-state index in [0.29, 0.717) is 23.5 Å². The number of anilines is 4. The largest absolute Gasteiger partial charge is 0.488 e. The van der Waals surface area contributed by atoms with Gasteiger partial charge in [-0.25, -0.2) is 13.8 Å². The van der Waals surface area contributed by atoms with Crippen molar-refractivity contribution < 1.29 is 23.4 Å². The molecule has 0 aliphatic rings. The van der Waals surface area contributed by atoms with Gasteiger partial charge in [0.15, 0.2) is 23.2 Å². The van der Waals surface area contributed by atoms with Crippen molar-refractivity contribution in [3.8, 4) is 11.8 Å². The number of nitrogens with zero attached hydrogens (tertiary/aromatic N) is 3. The van der Waals surface area contributed by atoms with Crippen LogP contribution in [0.4, 0.5) is 31.9 Å². The minimum Gasteiger partial charge on any atom is -0.488 e. The van der Waals surface area contributed by atoms with Gasteiger partial charge in [-0.3, -0.25) is 0 Å². The first-order chi connectivity index (χ1) is 15.9. The van der Waals surface area contributed by atoms with Gasteiger partial charge in [0.25, 0.3) is 0 Å². The first-order valence-corrected chi connectivity index (χ1v) is 9.76. The van der Waals surface area contributed by atoms with Gasteiger partial charge in [-0.1, -0.05) is 18.7 Å². The average Bonchev–Trinajstić information content (AvgIpc) is 2.82. The van der Waals surface area contributed by atoms with Gasteiger partial charge in [0.2, 0.25) is 5.95 Å². The minimum atomic E-state index is -1.18. The summed E-state index contributed by atoms with van der Waals surface area (Å²) in [5.41, 5.74) is 1.14. The molecule has 33 heavy (non-hydrogen) atoms. The molecule has 0 saturated heterocycles. The topological polar surface area (TPSA) is 112 Å². The fourth-order valence-corrected chi connectivity index (χ4v) is 2.76. The van der Waals surface area contributed by atoms with E-state index in [2.05, 4.69) is 27.2 Å². The van der Waals surface area contributed by atoms with Crippen molar-refractivity contribution in [2.45, 2.75) is 6.10 Å². The molecule has 10 heteroatoms. The number of hydrogen-bond donors (Lipinski definition) is 3. The Bertz CT molecular complexity index is 1180. The van der Waals surface area contributed by atoms with Crippen LogP contribution in [-0.4, -0.2) is 35.4 Å². The highest BCUT2D eigenvalue weighted by molar-refractivity contribution is 5.61. The van der Waals surface area contributed by atoms with Gasteiger partial charge in [-0.05, 0) is 29.8 Å². The first kappa shape index (κ1) is 23.6. The molecule has 0 bridgehead atoms. The molecule has 0 fully saturated rings. The van der Waals surface area contributed by atoms with Crippen LogP contribution < -0.4 is 15.4 Å². The molecule has 1 atom stereocenters. The van der Waals surface area contributed by atoms with Gasteiger partial charge >= 0.3 is 0 Å². The number of nitriles is 1. The fourth-order valence-electron chi connectivity index (χ4n) is 2.76. The highest BCUT2D eigenvalue weighted by atomic mass is 19.1. The number of hydrogen-bond acceptors (Lipinski definition) is 8. The normalized spacial score (nSPS) is 11.4. The maximum absolute atomic E-state index is 14.3. The van der Waals surface area contributed by atoms with Crippen LogP contribution in [0.1, 0.15) is 11.7 Å². The second kappa shape index (κ2) is 11.0. The molecule has 1 unspecified atom stereocenters. The molecule has 170 valence electrons.